The summed E-state index contributed by atoms with van der Waals surface area (Å²) in [5.41, 5.74) is 0.995. The lowest BCUT2D eigenvalue weighted by atomic mass is 10.1. The molecule has 1 aliphatic rings. The summed E-state index contributed by atoms with van der Waals surface area (Å²) in [7, 11) is 0. The Morgan fingerprint density at radius 2 is 2.07 bits per heavy atom. The van der Waals surface area contributed by atoms with E-state index < -0.39 is 5.91 Å². The first-order valence-electron chi connectivity index (χ1n) is 8.67. The molecule has 1 atom stereocenters. The Morgan fingerprint density at radius 1 is 1.25 bits per heavy atom. The van der Waals surface area contributed by atoms with E-state index in [9.17, 15) is 9.59 Å². The molecule has 10 heteroatoms. The van der Waals surface area contributed by atoms with Gasteiger partial charge < -0.3 is 4.74 Å². The molecule has 144 valence electrons. The number of nitrogens with one attached hydrogen (secondary N) is 1. The van der Waals surface area contributed by atoms with Crippen molar-refractivity contribution >= 4 is 34.0 Å². The summed E-state index contributed by atoms with van der Waals surface area (Å²) in [4.78, 5) is 24.4. The number of aromatic nitrogens is 4. The second-order valence-corrected chi connectivity index (χ2v) is 7.66. The summed E-state index contributed by atoms with van der Waals surface area (Å²) in [5, 5.41) is 16.7. The fraction of sp³-hybridized carbons (Fsp3) is 0.278. The molecule has 3 aromatic rings. The van der Waals surface area contributed by atoms with Crippen molar-refractivity contribution < 1.29 is 9.53 Å². The SMILES string of the molecule is O=C(Cn1nc(-c2ccc(Cl)cc2)ccc1=O)Nc1nnc(C2CCCO2)s1. The lowest BCUT2D eigenvalue weighted by Crippen LogP contribution is -2.29. The van der Waals surface area contributed by atoms with Crippen LogP contribution in [0.3, 0.4) is 0 Å². The predicted octanol–water partition coefficient (Wildman–Crippen LogP) is 2.91. The van der Waals surface area contributed by atoms with Crippen LogP contribution >= 0.6 is 22.9 Å². The van der Waals surface area contributed by atoms with Gasteiger partial charge in [-0.2, -0.15) is 5.10 Å². The number of benzene rings is 1. The number of carbonyl (C=O) groups excluding carboxylic acids is 1. The van der Waals surface area contributed by atoms with E-state index in [-0.39, 0.29) is 18.2 Å². The van der Waals surface area contributed by atoms with Crippen LogP contribution in [0.2, 0.25) is 5.02 Å². The molecule has 1 unspecified atom stereocenters. The molecule has 0 aliphatic carbocycles. The summed E-state index contributed by atoms with van der Waals surface area (Å²) in [6.07, 6.45) is 1.84. The molecule has 1 saturated heterocycles. The van der Waals surface area contributed by atoms with Crippen LogP contribution < -0.4 is 10.9 Å². The monoisotopic (exact) mass is 417 g/mol. The van der Waals surface area contributed by atoms with E-state index in [1.807, 2.05) is 0 Å². The van der Waals surface area contributed by atoms with Gasteiger partial charge in [0.15, 0.2) is 0 Å². The van der Waals surface area contributed by atoms with Gasteiger partial charge >= 0.3 is 0 Å². The molecule has 1 fully saturated rings. The predicted molar refractivity (Wildman–Crippen MR) is 105 cm³/mol. The van der Waals surface area contributed by atoms with E-state index in [1.54, 1.807) is 30.3 Å². The van der Waals surface area contributed by atoms with Crippen LogP contribution in [0.25, 0.3) is 11.3 Å². The van der Waals surface area contributed by atoms with Crippen molar-refractivity contribution in [2.45, 2.75) is 25.5 Å². The van der Waals surface area contributed by atoms with E-state index in [1.165, 1.54) is 17.4 Å². The van der Waals surface area contributed by atoms with Crippen LogP contribution in [-0.4, -0.2) is 32.5 Å². The van der Waals surface area contributed by atoms with Gasteiger partial charge in [0.1, 0.15) is 17.7 Å². The quantitative estimate of drug-likeness (QED) is 0.685. The average Bonchev–Trinajstić information content (AvgIpc) is 3.36. The molecule has 0 radical (unpaired) electrons. The molecule has 0 spiro atoms. The minimum Gasteiger partial charge on any atom is -0.371 e. The van der Waals surface area contributed by atoms with E-state index in [4.69, 9.17) is 16.3 Å². The zero-order chi connectivity index (χ0) is 19.5. The highest BCUT2D eigenvalue weighted by molar-refractivity contribution is 7.15. The Hall–Kier alpha value is -2.62. The van der Waals surface area contributed by atoms with Crippen molar-refractivity contribution in [1.29, 1.82) is 0 Å². The Balaban J connectivity index is 1.46. The smallest absolute Gasteiger partial charge is 0.267 e. The molecule has 2 aromatic heterocycles. The van der Waals surface area contributed by atoms with Crippen LogP contribution in [0, 0.1) is 0 Å². The first kappa shape index (κ1) is 18.7. The summed E-state index contributed by atoms with van der Waals surface area (Å²) in [6.45, 7) is 0.486. The third kappa shape index (κ3) is 4.27. The molecule has 4 rings (SSSR count). The third-order valence-electron chi connectivity index (χ3n) is 4.19. The van der Waals surface area contributed by atoms with Gasteiger partial charge in [-0.05, 0) is 31.0 Å². The number of ether oxygens (including phenoxy) is 1. The van der Waals surface area contributed by atoms with Crippen molar-refractivity contribution in [1.82, 2.24) is 20.0 Å². The average molecular weight is 418 g/mol. The Bertz CT molecular complexity index is 1040. The fourth-order valence-corrected chi connectivity index (χ4v) is 3.79. The molecule has 1 amide bonds. The minimum absolute atomic E-state index is 0.0523. The Morgan fingerprint density at radius 3 is 2.82 bits per heavy atom. The largest absolute Gasteiger partial charge is 0.371 e. The van der Waals surface area contributed by atoms with Crippen molar-refractivity contribution in [2.75, 3.05) is 11.9 Å². The molecule has 0 bridgehead atoms. The Kier molecular flexibility index (Phi) is 5.47. The van der Waals surface area contributed by atoms with Gasteiger partial charge in [-0.25, -0.2) is 4.68 Å². The molecule has 1 N–H and O–H groups in total. The maximum Gasteiger partial charge on any atom is 0.267 e. The van der Waals surface area contributed by atoms with Gasteiger partial charge in [0.25, 0.3) is 5.56 Å². The topological polar surface area (TPSA) is 99.0 Å². The van der Waals surface area contributed by atoms with E-state index >= 15 is 0 Å². The summed E-state index contributed by atoms with van der Waals surface area (Å²) in [6, 6.07) is 10.1. The van der Waals surface area contributed by atoms with Crippen molar-refractivity contribution in [3.05, 3.63) is 56.8 Å². The highest BCUT2D eigenvalue weighted by Gasteiger charge is 2.22. The van der Waals surface area contributed by atoms with Crippen molar-refractivity contribution in [2.24, 2.45) is 0 Å². The summed E-state index contributed by atoms with van der Waals surface area (Å²) >= 11 is 7.17. The lowest BCUT2D eigenvalue weighted by molar-refractivity contribution is -0.117. The van der Waals surface area contributed by atoms with Crippen LogP contribution in [-0.2, 0) is 16.1 Å². The molecule has 3 heterocycles. The maximum atomic E-state index is 12.3. The summed E-state index contributed by atoms with van der Waals surface area (Å²) < 4.78 is 6.68. The molecule has 1 aliphatic heterocycles. The van der Waals surface area contributed by atoms with Crippen LogP contribution in [0.15, 0.2) is 41.2 Å². The first-order chi connectivity index (χ1) is 13.6. The summed E-state index contributed by atoms with van der Waals surface area (Å²) in [5.74, 6) is -0.405. The molecule has 1 aromatic carbocycles. The molecular weight excluding hydrogens is 402 g/mol. The van der Waals surface area contributed by atoms with Gasteiger partial charge in [-0.3, -0.25) is 14.9 Å². The second kappa shape index (κ2) is 8.17. The number of nitrogens with zero attached hydrogens (tertiary/aromatic N) is 4. The van der Waals surface area contributed by atoms with Gasteiger partial charge in [0.2, 0.25) is 11.0 Å². The molecular formula is C18H16ClN5O3S. The standard InChI is InChI=1S/C18H16ClN5O3S/c19-12-5-3-11(4-6-12)13-7-8-16(26)24(23-13)10-15(25)20-18-22-21-17(28-18)14-2-1-9-27-14/h3-8,14H,1-2,9-10H2,(H,20,22,25). The lowest BCUT2D eigenvalue weighted by Gasteiger charge is -2.07. The van der Waals surface area contributed by atoms with Gasteiger partial charge in [0.05, 0.1) is 5.69 Å². The number of anilines is 1. The highest BCUT2D eigenvalue weighted by Crippen LogP contribution is 2.31. The van der Waals surface area contributed by atoms with E-state index in [2.05, 4.69) is 20.6 Å². The van der Waals surface area contributed by atoms with Crippen LogP contribution in [0.4, 0.5) is 5.13 Å². The number of halogens is 1. The highest BCUT2D eigenvalue weighted by atomic mass is 35.5. The van der Waals surface area contributed by atoms with Crippen LogP contribution in [0.1, 0.15) is 24.0 Å². The van der Waals surface area contributed by atoms with E-state index in [0.29, 0.717) is 22.5 Å². The number of hydrogen-bond acceptors (Lipinski definition) is 7. The zero-order valence-corrected chi connectivity index (χ0v) is 16.2. The van der Waals surface area contributed by atoms with Crippen molar-refractivity contribution in [3.63, 3.8) is 0 Å². The molecule has 8 nitrogen and oxygen atoms in total. The maximum absolute atomic E-state index is 12.3. The van der Waals surface area contributed by atoms with Crippen molar-refractivity contribution in [3.8, 4) is 11.3 Å². The van der Waals surface area contributed by atoms with Gasteiger partial charge in [0, 0.05) is 23.3 Å². The Labute approximate surface area is 169 Å². The minimum atomic E-state index is -0.405. The number of rotatable bonds is 5. The van der Waals surface area contributed by atoms with E-state index in [0.717, 1.165) is 28.1 Å². The number of carbonyl (C=O) groups is 1. The number of hydrogen-bond donors (Lipinski definition) is 1. The first-order valence-corrected chi connectivity index (χ1v) is 9.87. The fourth-order valence-electron chi connectivity index (χ4n) is 2.82. The zero-order valence-electron chi connectivity index (χ0n) is 14.7. The second-order valence-electron chi connectivity index (χ2n) is 6.22. The van der Waals surface area contributed by atoms with Gasteiger partial charge in [-0.1, -0.05) is 35.1 Å². The molecule has 28 heavy (non-hydrogen) atoms. The molecule has 0 saturated carbocycles. The third-order valence-corrected chi connectivity index (χ3v) is 5.37. The number of amides is 1. The van der Waals surface area contributed by atoms with Gasteiger partial charge in [-0.15, -0.1) is 10.2 Å². The normalized spacial score (nSPS) is 16.2. The van der Waals surface area contributed by atoms with Crippen LogP contribution in [0.5, 0.6) is 0 Å².